The zero-order chi connectivity index (χ0) is 24.7. The number of carbonyl (C=O) groups is 3. The molecular formula is C25H28F2N2O5. The average molecular weight is 475 g/mol. The molecular weight excluding hydrogens is 446 g/mol. The summed E-state index contributed by atoms with van der Waals surface area (Å²) in [5, 5.41) is 13.5. The number of carbonyl (C=O) groups excluding carboxylic acids is 2. The maximum atomic E-state index is 12.9. The molecule has 2 unspecified atom stereocenters. The Morgan fingerprint density at radius 3 is 2.12 bits per heavy atom. The lowest BCUT2D eigenvalue weighted by molar-refractivity contribution is -0.139. The predicted molar refractivity (Wildman–Crippen MR) is 122 cm³/mol. The Bertz CT molecular complexity index is 984. The van der Waals surface area contributed by atoms with E-state index in [9.17, 15) is 23.2 Å². The van der Waals surface area contributed by atoms with E-state index in [1.807, 2.05) is 60.8 Å². The van der Waals surface area contributed by atoms with E-state index in [0.29, 0.717) is 6.42 Å². The van der Waals surface area contributed by atoms with Gasteiger partial charge in [0.1, 0.15) is 12.6 Å². The molecule has 2 amide bonds. The highest BCUT2D eigenvalue weighted by Crippen LogP contribution is 2.44. The second-order valence-electron chi connectivity index (χ2n) is 8.22. The number of alkyl carbamates (subject to hydrolysis) is 1. The minimum Gasteiger partial charge on any atom is -0.481 e. The lowest BCUT2D eigenvalue weighted by Crippen LogP contribution is -2.42. The molecule has 34 heavy (non-hydrogen) atoms. The molecule has 2 aromatic rings. The number of nitrogens with one attached hydrogen (secondary N) is 2. The molecule has 1 aliphatic rings. The number of alkyl halides is 2. The van der Waals surface area contributed by atoms with Gasteiger partial charge in [-0.2, -0.15) is 0 Å². The summed E-state index contributed by atoms with van der Waals surface area (Å²) in [6, 6.07) is 13.8. The molecule has 0 saturated carbocycles. The van der Waals surface area contributed by atoms with E-state index in [-0.39, 0.29) is 25.4 Å². The van der Waals surface area contributed by atoms with E-state index < -0.39 is 42.9 Å². The van der Waals surface area contributed by atoms with E-state index in [0.717, 1.165) is 22.3 Å². The molecule has 0 heterocycles. The first-order valence-corrected chi connectivity index (χ1v) is 11.2. The summed E-state index contributed by atoms with van der Waals surface area (Å²) in [5.74, 6) is -2.20. The van der Waals surface area contributed by atoms with Crippen LogP contribution in [0.4, 0.5) is 13.6 Å². The van der Waals surface area contributed by atoms with Crippen LogP contribution in [-0.4, -0.2) is 48.2 Å². The van der Waals surface area contributed by atoms with Gasteiger partial charge in [-0.3, -0.25) is 9.59 Å². The van der Waals surface area contributed by atoms with Gasteiger partial charge in [-0.25, -0.2) is 13.6 Å². The fourth-order valence-electron chi connectivity index (χ4n) is 4.16. The third-order valence-corrected chi connectivity index (χ3v) is 5.92. The first kappa shape index (κ1) is 25.1. The summed E-state index contributed by atoms with van der Waals surface area (Å²) in [4.78, 5) is 35.1. The van der Waals surface area contributed by atoms with Crippen molar-refractivity contribution < 1.29 is 33.0 Å². The van der Waals surface area contributed by atoms with Crippen LogP contribution in [0.1, 0.15) is 49.7 Å². The monoisotopic (exact) mass is 474 g/mol. The van der Waals surface area contributed by atoms with Crippen molar-refractivity contribution in [1.82, 2.24) is 10.6 Å². The highest BCUT2D eigenvalue weighted by atomic mass is 19.3. The highest BCUT2D eigenvalue weighted by Gasteiger charge is 2.29. The second kappa shape index (κ2) is 11.6. The van der Waals surface area contributed by atoms with Gasteiger partial charge in [0, 0.05) is 18.4 Å². The van der Waals surface area contributed by atoms with Crippen LogP contribution < -0.4 is 10.6 Å². The molecule has 2 atom stereocenters. The second-order valence-corrected chi connectivity index (χ2v) is 8.22. The Morgan fingerprint density at radius 1 is 1.00 bits per heavy atom. The summed E-state index contributed by atoms with van der Waals surface area (Å²) >= 11 is 0. The topological polar surface area (TPSA) is 105 Å². The number of hydrogen-bond donors (Lipinski definition) is 3. The van der Waals surface area contributed by atoms with Crippen LogP contribution >= 0.6 is 0 Å². The summed E-state index contributed by atoms with van der Waals surface area (Å²) in [6.07, 6.45) is -3.89. The Morgan fingerprint density at radius 2 is 1.59 bits per heavy atom. The summed E-state index contributed by atoms with van der Waals surface area (Å²) in [6.45, 7) is 1.97. The molecule has 182 valence electrons. The zero-order valence-corrected chi connectivity index (χ0v) is 18.8. The molecule has 3 N–H and O–H groups in total. The number of ether oxygens (including phenoxy) is 1. The van der Waals surface area contributed by atoms with Crippen molar-refractivity contribution in [2.45, 2.75) is 57.0 Å². The number of carboxylic acids is 1. The Kier molecular flexibility index (Phi) is 8.56. The fourth-order valence-corrected chi connectivity index (χ4v) is 4.16. The molecule has 0 spiro atoms. The molecule has 2 aromatic carbocycles. The smallest absolute Gasteiger partial charge is 0.407 e. The van der Waals surface area contributed by atoms with Crippen LogP contribution in [-0.2, 0) is 14.3 Å². The number of carboxylic acid groups (broad SMARTS) is 1. The van der Waals surface area contributed by atoms with E-state index in [4.69, 9.17) is 9.84 Å². The van der Waals surface area contributed by atoms with Gasteiger partial charge in [-0.1, -0.05) is 55.5 Å². The van der Waals surface area contributed by atoms with Gasteiger partial charge in [-0.05, 0) is 35.1 Å². The largest absolute Gasteiger partial charge is 0.481 e. The SMILES string of the molecule is CCC(CCC(=O)NC(CC(=O)O)C(F)F)NC(=O)OCC1c2ccccc2-c2ccccc21. The maximum Gasteiger partial charge on any atom is 0.407 e. The molecule has 9 heteroatoms. The minimum absolute atomic E-state index is 0.0791. The van der Waals surface area contributed by atoms with E-state index in [1.54, 1.807) is 0 Å². The van der Waals surface area contributed by atoms with Gasteiger partial charge in [0.15, 0.2) is 0 Å². The third kappa shape index (κ3) is 6.30. The zero-order valence-electron chi connectivity index (χ0n) is 18.8. The van der Waals surface area contributed by atoms with Crippen molar-refractivity contribution >= 4 is 18.0 Å². The van der Waals surface area contributed by atoms with Crippen molar-refractivity contribution in [3.8, 4) is 11.1 Å². The number of halogens is 2. The number of benzene rings is 2. The van der Waals surface area contributed by atoms with Crippen LogP contribution in [0.5, 0.6) is 0 Å². The lowest BCUT2D eigenvalue weighted by Gasteiger charge is -2.20. The molecule has 0 aliphatic heterocycles. The van der Waals surface area contributed by atoms with Gasteiger partial charge >= 0.3 is 12.1 Å². The van der Waals surface area contributed by atoms with E-state index in [2.05, 4.69) is 5.32 Å². The van der Waals surface area contributed by atoms with Crippen LogP contribution in [0.2, 0.25) is 0 Å². The Hall–Kier alpha value is -3.49. The molecule has 1 aliphatic carbocycles. The minimum atomic E-state index is -2.99. The van der Waals surface area contributed by atoms with Crippen molar-refractivity contribution in [1.29, 1.82) is 0 Å². The molecule has 7 nitrogen and oxygen atoms in total. The normalized spacial score (nSPS) is 14.1. The van der Waals surface area contributed by atoms with E-state index in [1.165, 1.54) is 0 Å². The number of fused-ring (bicyclic) bond motifs is 3. The Labute approximate surface area is 196 Å². The summed E-state index contributed by atoms with van der Waals surface area (Å²) in [5.41, 5.74) is 4.43. The van der Waals surface area contributed by atoms with Gasteiger partial charge in [0.2, 0.25) is 5.91 Å². The first-order valence-electron chi connectivity index (χ1n) is 11.2. The standard InChI is InChI=1S/C25H28F2N2O5/c1-2-15(11-12-22(30)29-21(24(26)27)13-23(31)32)28-25(33)34-14-20-18-9-5-3-7-16(18)17-8-4-6-10-19(17)20/h3-10,15,20-21,24H,2,11-14H2,1H3,(H,28,33)(H,29,30)(H,31,32). The first-order chi connectivity index (χ1) is 16.3. The predicted octanol–water partition coefficient (Wildman–Crippen LogP) is 4.31. The molecule has 0 fully saturated rings. The van der Waals surface area contributed by atoms with Crippen molar-refractivity contribution in [3.05, 3.63) is 59.7 Å². The molecule has 0 radical (unpaired) electrons. The average Bonchev–Trinajstić information content (AvgIpc) is 3.13. The molecule has 0 bridgehead atoms. The van der Waals surface area contributed by atoms with Crippen molar-refractivity contribution in [3.63, 3.8) is 0 Å². The highest BCUT2D eigenvalue weighted by molar-refractivity contribution is 5.79. The van der Waals surface area contributed by atoms with Crippen molar-refractivity contribution in [2.24, 2.45) is 0 Å². The quantitative estimate of drug-likeness (QED) is 0.450. The molecule has 0 aromatic heterocycles. The number of rotatable bonds is 11. The van der Waals surface area contributed by atoms with E-state index >= 15 is 0 Å². The van der Waals surface area contributed by atoms with Crippen molar-refractivity contribution in [2.75, 3.05) is 6.61 Å². The van der Waals surface area contributed by atoms with Gasteiger partial charge < -0.3 is 20.5 Å². The molecule has 0 saturated heterocycles. The Balaban J connectivity index is 1.50. The molecule has 3 rings (SSSR count). The van der Waals surface area contributed by atoms with Crippen LogP contribution in [0, 0.1) is 0 Å². The summed E-state index contributed by atoms with van der Waals surface area (Å²) < 4.78 is 31.3. The fraction of sp³-hybridized carbons (Fsp3) is 0.400. The van der Waals surface area contributed by atoms with Gasteiger partial charge in [0.05, 0.1) is 6.42 Å². The third-order valence-electron chi connectivity index (χ3n) is 5.92. The number of aliphatic carboxylic acids is 1. The van der Waals surface area contributed by atoms with Gasteiger partial charge in [0.25, 0.3) is 6.43 Å². The summed E-state index contributed by atoms with van der Waals surface area (Å²) in [7, 11) is 0. The van der Waals surface area contributed by atoms with Crippen LogP contribution in [0.3, 0.4) is 0 Å². The van der Waals surface area contributed by atoms with Crippen LogP contribution in [0.25, 0.3) is 11.1 Å². The lowest BCUT2D eigenvalue weighted by atomic mass is 9.98. The maximum absolute atomic E-state index is 12.9. The number of hydrogen-bond acceptors (Lipinski definition) is 4. The van der Waals surface area contributed by atoms with Gasteiger partial charge in [-0.15, -0.1) is 0 Å². The number of amides is 2. The van der Waals surface area contributed by atoms with Crippen LogP contribution in [0.15, 0.2) is 48.5 Å².